The number of benzene rings is 2. The molecule has 0 bridgehead atoms. The quantitative estimate of drug-likeness (QED) is 0.283. The number of carbonyl (C=O) groups is 2. The molecule has 37 heavy (non-hydrogen) atoms. The molecule has 2 aromatic heterocycles. The third-order valence-electron chi connectivity index (χ3n) is 6.22. The predicted molar refractivity (Wildman–Crippen MR) is 144 cm³/mol. The van der Waals surface area contributed by atoms with Crippen LogP contribution in [0.5, 0.6) is 0 Å². The molecule has 0 radical (unpaired) electrons. The van der Waals surface area contributed by atoms with Gasteiger partial charge in [-0.3, -0.25) is 9.78 Å². The van der Waals surface area contributed by atoms with Crippen LogP contribution in [0.25, 0.3) is 5.69 Å². The van der Waals surface area contributed by atoms with E-state index in [1.807, 2.05) is 88.5 Å². The summed E-state index contributed by atoms with van der Waals surface area (Å²) in [5.41, 5.74) is 3.78. The molecule has 0 unspecified atom stereocenters. The molecule has 1 aliphatic heterocycles. The first-order chi connectivity index (χ1) is 18.0. The number of rotatable bonds is 7. The van der Waals surface area contributed by atoms with E-state index in [4.69, 9.17) is 17.0 Å². The zero-order valence-corrected chi connectivity index (χ0v) is 20.9. The van der Waals surface area contributed by atoms with E-state index in [9.17, 15) is 9.59 Å². The Morgan fingerprint density at radius 3 is 2.46 bits per heavy atom. The van der Waals surface area contributed by atoms with Gasteiger partial charge >= 0.3 is 5.97 Å². The molecule has 1 aliphatic rings. The molecule has 2 atom stereocenters. The zero-order valence-electron chi connectivity index (χ0n) is 20.1. The Morgan fingerprint density at radius 2 is 1.76 bits per heavy atom. The number of aromatic nitrogens is 2. The zero-order chi connectivity index (χ0) is 25.8. The number of thiocarbonyl (C=S) groups is 1. The first kappa shape index (κ1) is 24.2. The number of methoxy groups -OCH3 is 1. The highest BCUT2D eigenvalue weighted by Gasteiger charge is 2.42. The lowest BCUT2D eigenvalue weighted by Gasteiger charge is -2.28. The summed E-state index contributed by atoms with van der Waals surface area (Å²) in [6.45, 7) is 0.0567. The lowest BCUT2D eigenvalue weighted by Crippen LogP contribution is -2.37. The molecular formula is C28H25N5O3S. The second-order valence-electron chi connectivity index (χ2n) is 8.51. The topological polar surface area (TPSA) is 88.5 Å². The first-order valence-corrected chi connectivity index (χ1v) is 12.1. The Balaban J connectivity index is 1.50. The molecule has 0 spiro atoms. The van der Waals surface area contributed by atoms with Gasteiger partial charge < -0.3 is 24.8 Å². The van der Waals surface area contributed by atoms with Crippen LogP contribution in [0.2, 0.25) is 0 Å². The van der Waals surface area contributed by atoms with Gasteiger partial charge in [-0.25, -0.2) is 4.79 Å². The van der Waals surface area contributed by atoms with Crippen LogP contribution in [0.15, 0.2) is 97.3 Å². The highest BCUT2D eigenvalue weighted by Crippen LogP contribution is 2.39. The maximum Gasteiger partial charge on any atom is 0.337 e. The maximum atomic E-state index is 13.1. The van der Waals surface area contributed by atoms with Gasteiger partial charge in [-0.15, -0.1) is 0 Å². The Kier molecular flexibility index (Phi) is 6.96. The van der Waals surface area contributed by atoms with Crippen molar-refractivity contribution in [3.05, 3.63) is 114 Å². The number of nitrogens with zero attached hydrogens (tertiary/aromatic N) is 3. The lowest BCUT2D eigenvalue weighted by molar-refractivity contribution is -0.116. The van der Waals surface area contributed by atoms with Gasteiger partial charge in [-0.1, -0.05) is 24.3 Å². The fourth-order valence-electron chi connectivity index (χ4n) is 4.52. The molecule has 186 valence electrons. The van der Waals surface area contributed by atoms with E-state index in [0.29, 0.717) is 10.7 Å². The smallest absolute Gasteiger partial charge is 0.337 e. The van der Waals surface area contributed by atoms with Gasteiger partial charge in [0.1, 0.15) is 6.54 Å². The highest BCUT2D eigenvalue weighted by molar-refractivity contribution is 7.80. The number of amides is 1. The highest BCUT2D eigenvalue weighted by atomic mass is 32.1. The molecule has 4 aromatic rings. The molecule has 3 heterocycles. The summed E-state index contributed by atoms with van der Waals surface area (Å²) in [6, 6.07) is 25.6. The van der Waals surface area contributed by atoms with Gasteiger partial charge in [-0.2, -0.15) is 0 Å². The minimum absolute atomic E-state index is 0.0567. The monoisotopic (exact) mass is 511 g/mol. The van der Waals surface area contributed by atoms with Crippen LogP contribution in [0.1, 0.15) is 33.8 Å². The number of hydrogen-bond acceptors (Lipinski definition) is 5. The van der Waals surface area contributed by atoms with E-state index in [1.165, 1.54) is 7.11 Å². The lowest BCUT2D eigenvalue weighted by atomic mass is 10.0. The number of carbonyl (C=O) groups excluding carboxylic acids is 2. The molecule has 2 aromatic carbocycles. The van der Waals surface area contributed by atoms with Crippen LogP contribution < -0.4 is 10.6 Å². The molecular weight excluding hydrogens is 486 g/mol. The van der Waals surface area contributed by atoms with E-state index in [-0.39, 0.29) is 24.5 Å². The van der Waals surface area contributed by atoms with E-state index in [0.717, 1.165) is 22.8 Å². The fraction of sp³-hybridized carbons (Fsp3) is 0.143. The number of hydrogen-bond donors (Lipinski definition) is 2. The normalized spacial score (nSPS) is 16.8. The first-order valence-electron chi connectivity index (χ1n) is 11.7. The predicted octanol–water partition coefficient (Wildman–Crippen LogP) is 4.27. The Morgan fingerprint density at radius 1 is 1.00 bits per heavy atom. The van der Waals surface area contributed by atoms with E-state index in [2.05, 4.69) is 15.6 Å². The summed E-state index contributed by atoms with van der Waals surface area (Å²) in [5, 5.41) is 6.79. The summed E-state index contributed by atoms with van der Waals surface area (Å²) in [5.74, 6) is -0.571. The van der Waals surface area contributed by atoms with E-state index < -0.39 is 5.97 Å². The molecule has 5 rings (SSSR count). The van der Waals surface area contributed by atoms with Crippen LogP contribution in [0.3, 0.4) is 0 Å². The summed E-state index contributed by atoms with van der Waals surface area (Å²) >= 11 is 5.72. The number of anilines is 1. The number of esters is 1. The van der Waals surface area contributed by atoms with Gasteiger partial charge in [0.15, 0.2) is 5.11 Å². The van der Waals surface area contributed by atoms with Crippen LogP contribution >= 0.6 is 12.2 Å². The van der Waals surface area contributed by atoms with Crippen LogP contribution in [0, 0.1) is 0 Å². The van der Waals surface area contributed by atoms with Crippen molar-refractivity contribution in [3.63, 3.8) is 0 Å². The SMILES string of the molecule is COC(=O)c1ccc(-n2cccc2[C@@H]2[C@@H](c3ccccn3)NC(=S)N2CC(=O)Nc2ccccc2)cc1. The Bertz CT molecular complexity index is 1410. The van der Waals surface area contributed by atoms with Gasteiger partial charge in [0.25, 0.3) is 0 Å². The summed E-state index contributed by atoms with van der Waals surface area (Å²) in [6.07, 6.45) is 3.69. The third-order valence-corrected chi connectivity index (χ3v) is 6.57. The summed E-state index contributed by atoms with van der Waals surface area (Å²) in [7, 11) is 1.36. The van der Waals surface area contributed by atoms with Crippen molar-refractivity contribution < 1.29 is 14.3 Å². The molecule has 1 fully saturated rings. The van der Waals surface area contributed by atoms with Crippen molar-refractivity contribution in [2.24, 2.45) is 0 Å². The third kappa shape index (κ3) is 5.07. The number of ether oxygens (including phenoxy) is 1. The van der Waals surface area contributed by atoms with Crippen LogP contribution in [0.4, 0.5) is 5.69 Å². The Hall–Kier alpha value is -4.50. The average molecular weight is 512 g/mol. The Labute approximate surface area is 219 Å². The molecule has 1 amide bonds. The van der Waals surface area contributed by atoms with Crippen LogP contribution in [-0.2, 0) is 9.53 Å². The van der Waals surface area contributed by atoms with E-state index in [1.54, 1.807) is 18.3 Å². The standard InChI is InChI=1S/C28H25N5O3S/c1-36-27(35)19-12-14-21(15-13-19)32-17-7-11-23(32)26-25(22-10-5-6-16-29-22)31-28(37)33(26)18-24(34)30-20-8-3-2-4-9-20/h2-17,25-26H,18H2,1H3,(H,30,34)(H,31,37)/t25-,26-/m1/s1. The van der Waals surface area contributed by atoms with Gasteiger partial charge in [0.05, 0.1) is 30.5 Å². The van der Waals surface area contributed by atoms with Crippen molar-refractivity contribution in [1.82, 2.24) is 19.8 Å². The molecule has 8 nitrogen and oxygen atoms in total. The van der Waals surface area contributed by atoms with Crippen molar-refractivity contribution in [3.8, 4) is 5.69 Å². The van der Waals surface area contributed by atoms with Gasteiger partial charge in [0, 0.05) is 29.5 Å². The second-order valence-corrected chi connectivity index (χ2v) is 8.90. The second kappa shape index (κ2) is 10.6. The molecule has 0 aliphatic carbocycles. The van der Waals surface area contributed by atoms with Crippen molar-refractivity contribution in [1.29, 1.82) is 0 Å². The van der Waals surface area contributed by atoms with Crippen molar-refractivity contribution in [2.75, 3.05) is 19.0 Å². The van der Waals surface area contributed by atoms with Crippen LogP contribution in [-0.4, -0.2) is 45.1 Å². The summed E-state index contributed by atoms with van der Waals surface area (Å²) < 4.78 is 6.85. The van der Waals surface area contributed by atoms with E-state index >= 15 is 0 Å². The average Bonchev–Trinajstić information content (AvgIpc) is 3.54. The number of pyridine rings is 1. The molecule has 2 N–H and O–H groups in total. The number of nitrogens with one attached hydrogen (secondary N) is 2. The molecule has 1 saturated heterocycles. The van der Waals surface area contributed by atoms with Crippen molar-refractivity contribution >= 4 is 34.9 Å². The fourth-order valence-corrected chi connectivity index (χ4v) is 4.83. The summed E-state index contributed by atoms with van der Waals surface area (Å²) in [4.78, 5) is 31.4. The largest absolute Gasteiger partial charge is 0.465 e. The molecule has 0 saturated carbocycles. The number of para-hydroxylation sites is 1. The maximum absolute atomic E-state index is 13.1. The van der Waals surface area contributed by atoms with Crippen molar-refractivity contribution in [2.45, 2.75) is 12.1 Å². The van der Waals surface area contributed by atoms with Gasteiger partial charge in [0.2, 0.25) is 5.91 Å². The van der Waals surface area contributed by atoms with Gasteiger partial charge in [-0.05, 0) is 72.9 Å². The minimum Gasteiger partial charge on any atom is -0.465 e. The minimum atomic E-state index is -0.393. The molecule has 9 heteroatoms.